The van der Waals surface area contributed by atoms with Crippen LogP contribution >= 0.6 is 0 Å². The van der Waals surface area contributed by atoms with Crippen molar-refractivity contribution in [1.82, 2.24) is 5.32 Å². The van der Waals surface area contributed by atoms with Gasteiger partial charge in [0.05, 0.1) is 0 Å². The molecule has 1 rings (SSSR count). The van der Waals surface area contributed by atoms with Crippen molar-refractivity contribution >= 4 is 0 Å². The Morgan fingerprint density at radius 1 is 1.38 bits per heavy atom. The van der Waals surface area contributed by atoms with E-state index in [9.17, 15) is 4.39 Å². The maximum Gasteiger partial charge on any atom is 0.139 e. The van der Waals surface area contributed by atoms with E-state index >= 15 is 0 Å². The second-order valence-corrected chi connectivity index (χ2v) is 1.41. The third-order valence-electron chi connectivity index (χ3n) is 0.780. The summed E-state index contributed by atoms with van der Waals surface area (Å²) in [7, 11) is 0. The molecule has 2 heteroatoms. The molecule has 0 bridgehead atoms. The Hall–Kier alpha value is -1.05. The van der Waals surface area contributed by atoms with Gasteiger partial charge in [-0.05, 0) is 12.2 Å². The topological polar surface area (TPSA) is 12.0 Å². The van der Waals surface area contributed by atoms with E-state index in [1.807, 2.05) is 0 Å². The standard InChI is InChI=1S/C6H6FN/c7-6-3-1-2-4-8-5-6/h1-5,8H. The molecule has 0 aromatic carbocycles. The molecule has 0 unspecified atom stereocenters. The zero-order valence-electron chi connectivity index (χ0n) is 4.26. The summed E-state index contributed by atoms with van der Waals surface area (Å²) in [5.41, 5.74) is 0. The SMILES string of the molecule is FC1=CNC=CC=C1. The van der Waals surface area contributed by atoms with Crippen LogP contribution in [-0.2, 0) is 0 Å². The largest absolute Gasteiger partial charge is 0.365 e. The fraction of sp³-hybridized carbons (Fsp3) is 0. The van der Waals surface area contributed by atoms with Gasteiger partial charge in [-0.3, -0.25) is 0 Å². The molecule has 0 atom stereocenters. The molecule has 1 N–H and O–H groups in total. The minimum Gasteiger partial charge on any atom is -0.365 e. The molecule has 1 aliphatic rings. The molecule has 0 spiro atoms. The van der Waals surface area contributed by atoms with Gasteiger partial charge in [-0.1, -0.05) is 6.08 Å². The van der Waals surface area contributed by atoms with Crippen molar-refractivity contribution in [3.05, 3.63) is 36.5 Å². The minimum atomic E-state index is -0.255. The lowest BCUT2D eigenvalue weighted by atomic mass is 10.5. The second kappa shape index (κ2) is 2.31. The molecule has 8 heavy (non-hydrogen) atoms. The maximum absolute atomic E-state index is 12.1. The highest BCUT2D eigenvalue weighted by Gasteiger charge is 1.84. The van der Waals surface area contributed by atoms with Gasteiger partial charge < -0.3 is 5.32 Å². The highest BCUT2D eigenvalue weighted by Crippen LogP contribution is 1.98. The van der Waals surface area contributed by atoms with E-state index in [4.69, 9.17) is 0 Å². The van der Waals surface area contributed by atoms with Gasteiger partial charge >= 0.3 is 0 Å². The normalized spacial score (nSPS) is 16.9. The number of hydrogen-bond donors (Lipinski definition) is 1. The quantitative estimate of drug-likeness (QED) is 0.499. The van der Waals surface area contributed by atoms with E-state index in [-0.39, 0.29) is 5.83 Å². The molecule has 0 aliphatic carbocycles. The van der Waals surface area contributed by atoms with Crippen LogP contribution in [0.25, 0.3) is 0 Å². The molecule has 0 radical (unpaired) electrons. The van der Waals surface area contributed by atoms with E-state index in [1.54, 1.807) is 18.4 Å². The van der Waals surface area contributed by atoms with Gasteiger partial charge in [-0.25, -0.2) is 4.39 Å². The van der Waals surface area contributed by atoms with Crippen molar-refractivity contribution in [2.24, 2.45) is 0 Å². The lowest BCUT2D eigenvalue weighted by Gasteiger charge is -1.82. The van der Waals surface area contributed by atoms with Crippen LogP contribution in [-0.4, -0.2) is 0 Å². The van der Waals surface area contributed by atoms with Crippen LogP contribution in [0.5, 0.6) is 0 Å². The first kappa shape index (κ1) is 5.09. The van der Waals surface area contributed by atoms with Crippen LogP contribution in [0.2, 0.25) is 0 Å². The fourth-order valence-corrected chi connectivity index (χ4v) is 0.434. The summed E-state index contributed by atoms with van der Waals surface area (Å²) in [5, 5.41) is 2.62. The maximum atomic E-state index is 12.1. The highest BCUT2D eigenvalue weighted by molar-refractivity contribution is 5.19. The molecular formula is C6H6FN. The summed E-state index contributed by atoms with van der Waals surface area (Å²) >= 11 is 0. The Bertz CT molecular complexity index is 153. The van der Waals surface area contributed by atoms with Crippen LogP contribution in [0.3, 0.4) is 0 Å². The van der Waals surface area contributed by atoms with E-state index in [1.165, 1.54) is 12.3 Å². The van der Waals surface area contributed by atoms with Gasteiger partial charge in [0, 0.05) is 12.4 Å². The van der Waals surface area contributed by atoms with E-state index in [0.717, 1.165) is 0 Å². The summed E-state index contributed by atoms with van der Waals surface area (Å²) in [5.74, 6) is -0.255. The van der Waals surface area contributed by atoms with Gasteiger partial charge in [-0.15, -0.1) is 0 Å². The molecule has 0 aromatic heterocycles. The molecule has 0 aromatic rings. The first-order chi connectivity index (χ1) is 3.89. The van der Waals surface area contributed by atoms with Crippen molar-refractivity contribution in [3.63, 3.8) is 0 Å². The monoisotopic (exact) mass is 111 g/mol. The molecule has 42 valence electrons. The zero-order valence-corrected chi connectivity index (χ0v) is 4.26. The van der Waals surface area contributed by atoms with E-state index in [0.29, 0.717) is 0 Å². The molecule has 0 amide bonds. The summed E-state index contributed by atoms with van der Waals surface area (Å²) in [6.45, 7) is 0. The van der Waals surface area contributed by atoms with Crippen LogP contribution in [0.15, 0.2) is 36.5 Å². The first-order valence-electron chi connectivity index (χ1n) is 2.34. The van der Waals surface area contributed by atoms with E-state index < -0.39 is 0 Å². The number of hydrogen-bond acceptors (Lipinski definition) is 1. The third kappa shape index (κ3) is 1.22. The van der Waals surface area contributed by atoms with Crippen molar-refractivity contribution < 1.29 is 4.39 Å². The molecule has 1 heterocycles. The Labute approximate surface area is 47.2 Å². The minimum absolute atomic E-state index is 0.255. The van der Waals surface area contributed by atoms with Crippen LogP contribution < -0.4 is 5.32 Å². The highest BCUT2D eigenvalue weighted by atomic mass is 19.1. The summed E-state index contributed by atoms with van der Waals surface area (Å²) in [6, 6.07) is 0. The van der Waals surface area contributed by atoms with Crippen LogP contribution in [0.1, 0.15) is 0 Å². The summed E-state index contributed by atoms with van der Waals surface area (Å²) < 4.78 is 12.1. The average Bonchev–Trinajstić information content (AvgIpc) is 1.94. The second-order valence-electron chi connectivity index (χ2n) is 1.41. The first-order valence-corrected chi connectivity index (χ1v) is 2.34. The molecule has 1 nitrogen and oxygen atoms in total. The third-order valence-corrected chi connectivity index (χ3v) is 0.780. The Kier molecular flexibility index (Phi) is 1.47. The number of nitrogens with one attached hydrogen (secondary N) is 1. The predicted octanol–water partition coefficient (Wildman–Crippen LogP) is 1.47. The molecule has 0 fully saturated rings. The van der Waals surface area contributed by atoms with Crippen molar-refractivity contribution in [2.45, 2.75) is 0 Å². The number of rotatable bonds is 0. The lowest BCUT2D eigenvalue weighted by molar-refractivity contribution is 0.660. The predicted molar refractivity (Wildman–Crippen MR) is 30.6 cm³/mol. The molecule has 0 saturated heterocycles. The molecule has 1 aliphatic heterocycles. The van der Waals surface area contributed by atoms with Crippen LogP contribution in [0, 0.1) is 0 Å². The van der Waals surface area contributed by atoms with E-state index in [2.05, 4.69) is 5.32 Å². The Balaban J connectivity index is 2.69. The zero-order chi connectivity index (χ0) is 5.82. The van der Waals surface area contributed by atoms with Gasteiger partial charge in [-0.2, -0.15) is 0 Å². The van der Waals surface area contributed by atoms with Crippen LogP contribution in [0.4, 0.5) is 4.39 Å². The van der Waals surface area contributed by atoms with Crippen molar-refractivity contribution in [2.75, 3.05) is 0 Å². The Morgan fingerprint density at radius 3 is 3.12 bits per heavy atom. The summed E-state index contributed by atoms with van der Waals surface area (Å²) in [6.07, 6.45) is 7.69. The number of halogens is 1. The van der Waals surface area contributed by atoms with Gasteiger partial charge in [0.15, 0.2) is 0 Å². The van der Waals surface area contributed by atoms with Crippen molar-refractivity contribution in [3.8, 4) is 0 Å². The molecular weight excluding hydrogens is 105 g/mol. The smallest absolute Gasteiger partial charge is 0.139 e. The average molecular weight is 111 g/mol. The van der Waals surface area contributed by atoms with Crippen molar-refractivity contribution in [1.29, 1.82) is 0 Å². The van der Waals surface area contributed by atoms with Gasteiger partial charge in [0.2, 0.25) is 0 Å². The summed E-state index contributed by atoms with van der Waals surface area (Å²) in [4.78, 5) is 0. The fourth-order valence-electron chi connectivity index (χ4n) is 0.434. The molecule has 0 saturated carbocycles. The Morgan fingerprint density at radius 2 is 2.25 bits per heavy atom. The van der Waals surface area contributed by atoms with Gasteiger partial charge in [0.1, 0.15) is 5.83 Å². The number of allylic oxidation sites excluding steroid dienone is 4. The van der Waals surface area contributed by atoms with Gasteiger partial charge in [0.25, 0.3) is 0 Å². The lowest BCUT2D eigenvalue weighted by Crippen LogP contribution is -1.89.